The van der Waals surface area contributed by atoms with Crippen molar-refractivity contribution in [3.63, 3.8) is 0 Å². The molecule has 0 fully saturated rings. The lowest BCUT2D eigenvalue weighted by Crippen LogP contribution is -2.13. The Labute approximate surface area is 131 Å². The van der Waals surface area contributed by atoms with Crippen LogP contribution in [0.15, 0.2) is 40.9 Å². The molecule has 2 aromatic carbocycles. The summed E-state index contributed by atoms with van der Waals surface area (Å²) in [6.45, 7) is 2.12. The zero-order valence-corrected chi connectivity index (χ0v) is 13.4. The maximum Gasteiger partial charge on any atom is 0.131 e. The maximum atomic E-state index is 14.0. The van der Waals surface area contributed by atoms with Crippen LogP contribution in [0, 0.1) is 11.6 Å². The van der Waals surface area contributed by atoms with E-state index in [-0.39, 0.29) is 24.3 Å². The Hall–Kier alpha value is -1.46. The van der Waals surface area contributed by atoms with Crippen molar-refractivity contribution in [3.8, 4) is 5.75 Å². The second kappa shape index (κ2) is 7.00. The summed E-state index contributed by atoms with van der Waals surface area (Å²) in [7, 11) is 1.78. The average molecular weight is 356 g/mol. The van der Waals surface area contributed by atoms with Crippen molar-refractivity contribution in [2.45, 2.75) is 19.6 Å². The summed E-state index contributed by atoms with van der Waals surface area (Å²) in [6, 6.07) is 9.09. The number of benzene rings is 2. The fourth-order valence-electron chi connectivity index (χ4n) is 1.90. The Morgan fingerprint density at radius 3 is 2.57 bits per heavy atom. The molecule has 2 nitrogen and oxygen atoms in total. The first-order chi connectivity index (χ1) is 10.0. The lowest BCUT2D eigenvalue weighted by molar-refractivity contribution is 0.303. The van der Waals surface area contributed by atoms with E-state index in [0.29, 0.717) is 15.8 Å². The van der Waals surface area contributed by atoms with Gasteiger partial charge >= 0.3 is 0 Å². The molecule has 0 aromatic heterocycles. The van der Waals surface area contributed by atoms with Gasteiger partial charge in [0.2, 0.25) is 0 Å². The van der Waals surface area contributed by atoms with Crippen LogP contribution in [-0.2, 0) is 6.61 Å². The van der Waals surface area contributed by atoms with Gasteiger partial charge in [0.1, 0.15) is 24.0 Å². The lowest BCUT2D eigenvalue weighted by atomic mass is 10.1. The molecular weight excluding hydrogens is 340 g/mol. The standard InChI is InChI=1S/C16H16BrF2NO/c1-10(20-2)14-6-5-13(8-16(14)19)21-9-11-3-4-12(18)7-15(11)17/h3-8,10,20H,9H2,1-2H3. The van der Waals surface area contributed by atoms with Crippen LogP contribution in [0.2, 0.25) is 0 Å². The van der Waals surface area contributed by atoms with E-state index in [4.69, 9.17) is 4.74 Å². The third-order valence-electron chi connectivity index (χ3n) is 3.28. The van der Waals surface area contributed by atoms with Gasteiger partial charge < -0.3 is 10.1 Å². The summed E-state index contributed by atoms with van der Waals surface area (Å²) < 4.78 is 33.1. The van der Waals surface area contributed by atoms with Crippen molar-refractivity contribution in [1.82, 2.24) is 5.32 Å². The molecule has 0 saturated heterocycles. The van der Waals surface area contributed by atoms with Crippen LogP contribution < -0.4 is 10.1 Å². The third-order valence-corrected chi connectivity index (χ3v) is 4.02. The second-order valence-electron chi connectivity index (χ2n) is 4.72. The lowest BCUT2D eigenvalue weighted by Gasteiger charge is -2.13. The first-order valence-corrected chi connectivity index (χ1v) is 7.34. The molecule has 0 aliphatic heterocycles. The van der Waals surface area contributed by atoms with Crippen LogP contribution in [0.5, 0.6) is 5.75 Å². The van der Waals surface area contributed by atoms with Crippen LogP contribution in [-0.4, -0.2) is 7.05 Å². The number of halogens is 3. The molecule has 112 valence electrons. The molecule has 1 N–H and O–H groups in total. The van der Waals surface area contributed by atoms with Gasteiger partial charge in [0.15, 0.2) is 0 Å². The van der Waals surface area contributed by atoms with Crippen molar-refractivity contribution >= 4 is 15.9 Å². The van der Waals surface area contributed by atoms with Crippen molar-refractivity contribution in [2.75, 3.05) is 7.05 Å². The molecule has 0 aliphatic carbocycles. The molecule has 5 heteroatoms. The van der Waals surface area contributed by atoms with E-state index in [1.165, 1.54) is 18.2 Å². The van der Waals surface area contributed by atoms with Gasteiger partial charge in [-0.3, -0.25) is 0 Å². The predicted molar refractivity (Wildman–Crippen MR) is 82.3 cm³/mol. The highest BCUT2D eigenvalue weighted by atomic mass is 79.9. The third kappa shape index (κ3) is 4.02. The summed E-state index contributed by atoms with van der Waals surface area (Å²) in [5.41, 5.74) is 1.39. The van der Waals surface area contributed by atoms with Gasteiger partial charge in [0.05, 0.1) is 0 Å². The molecule has 1 atom stereocenters. The van der Waals surface area contributed by atoms with Crippen LogP contribution in [0.25, 0.3) is 0 Å². The number of nitrogens with one attached hydrogen (secondary N) is 1. The van der Waals surface area contributed by atoms with Crippen molar-refractivity contribution in [1.29, 1.82) is 0 Å². The van der Waals surface area contributed by atoms with Crippen LogP contribution in [0.3, 0.4) is 0 Å². The van der Waals surface area contributed by atoms with Crippen LogP contribution in [0.4, 0.5) is 8.78 Å². The molecule has 0 radical (unpaired) electrons. The molecule has 21 heavy (non-hydrogen) atoms. The molecule has 0 aliphatic rings. The van der Waals surface area contributed by atoms with Crippen LogP contribution >= 0.6 is 15.9 Å². The first-order valence-electron chi connectivity index (χ1n) is 6.54. The van der Waals surface area contributed by atoms with Crippen molar-refractivity contribution in [2.24, 2.45) is 0 Å². The van der Waals surface area contributed by atoms with Gasteiger partial charge in [0.25, 0.3) is 0 Å². The van der Waals surface area contributed by atoms with E-state index in [2.05, 4.69) is 21.2 Å². The number of ether oxygens (including phenoxy) is 1. The summed E-state index contributed by atoms with van der Waals surface area (Å²) in [5, 5.41) is 2.99. The van der Waals surface area contributed by atoms with E-state index in [1.54, 1.807) is 25.2 Å². The highest BCUT2D eigenvalue weighted by Crippen LogP contribution is 2.24. The van der Waals surface area contributed by atoms with Gasteiger partial charge in [-0.05, 0) is 32.2 Å². The SMILES string of the molecule is CNC(C)c1ccc(OCc2ccc(F)cc2Br)cc1F. The molecule has 0 heterocycles. The van der Waals surface area contributed by atoms with E-state index < -0.39 is 0 Å². The fourth-order valence-corrected chi connectivity index (χ4v) is 2.37. The normalized spacial score (nSPS) is 12.2. The Balaban J connectivity index is 2.08. The van der Waals surface area contributed by atoms with Crippen molar-refractivity contribution in [3.05, 3.63) is 63.6 Å². The zero-order valence-electron chi connectivity index (χ0n) is 11.8. The summed E-state index contributed by atoms with van der Waals surface area (Å²) >= 11 is 3.27. The van der Waals surface area contributed by atoms with E-state index in [0.717, 1.165) is 5.56 Å². The monoisotopic (exact) mass is 355 g/mol. The molecule has 2 aromatic rings. The molecule has 0 spiro atoms. The summed E-state index contributed by atoms with van der Waals surface area (Å²) in [5.74, 6) is -0.189. The molecule has 0 saturated carbocycles. The Morgan fingerprint density at radius 2 is 1.95 bits per heavy atom. The second-order valence-corrected chi connectivity index (χ2v) is 5.57. The minimum absolute atomic E-state index is 0.0645. The fraction of sp³-hybridized carbons (Fsp3) is 0.250. The minimum Gasteiger partial charge on any atom is -0.489 e. The smallest absolute Gasteiger partial charge is 0.131 e. The molecule has 0 bridgehead atoms. The number of rotatable bonds is 5. The Morgan fingerprint density at radius 1 is 1.19 bits per heavy atom. The van der Waals surface area contributed by atoms with Crippen molar-refractivity contribution < 1.29 is 13.5 Å². The van der Waals surface area contributed by atoms with E-state index in [9.17, 15) is 8.78 Å². The van der Waals surface area contributed by atoms with E-state index >= 15 is 0 Å². The van der Waals surface area contributed by atoms with Crippen LogP contribution in [0.1, 0.15) is 24.1 Å². The predicted octanol–water partition coefficient (Wildman–Crippen LogP) is 4.59. The zero-order chi connectivity index (χ0) is 15.4. The van der Waals surface area contributed by atoms with Gasteiger partial charge in [-0.2, -0.15) is 0 Å². The Kier molecular flexibility index (Phi) is 5.31. The summed E-state index contributed by atoms with van der Waals surface area (Å²) in [6.07, 6.45) is 0. The average Bonchev–Trinajstić information content (AvgIpc) is 2.45. The van der Waals surface area contributed by atoms with E-state index in [1.807, 2.05) is 6.92 Å². The number of hydrogen-bond acceptors (Lipinski definition) is 2. The van der Waals surface area contributed by atoms with Gasteiger partial charge in [-0.1, -0.05) is 28.1 Å². The van der Waals surface area contributed by atoms with Gasteiger partial charge in [0, 0.05) is 27.7 Å². The molecule has 2 rings (SSSR count). The molecule has 1 unspecified atom stereocenters. The Bertz CT molecular complexity index is 634. The molecular formula is C16H16BrF2NO. The highest BCUT2D eigenvalue weighted by Gasteiger charge is 2.10. The molecule has 0 amide bonds. The number of hydrogen-bond donors (Lipinski definition) is 1. The first kappa shape index (κ1) is 15.9. The topological polar surface area (TPSA) is 21.3 Å². The minimum atomic E-state index is -0.318. The maximum absolute atomic E-state index is 14.0. The highest BCUT2D eigenvalue weighted by molar-refractivity contribution is 9.10. The van der Waals surface area contributed by atoms with Gasteiger partial charge in [-0.15, -0.1) is 0 Å². The quantitative estimate of drug-likeness (QED) is 0.846. The van der Waals surface area contributed by atoms with Gasteiger partial charge in [-0.25, -0.2) is 8.78 Å². The largest absolute Gasteiger partial charge is 0.489 e. The summed E-state index contributed by atoms with van der Waals surface area (Å²) in [4.78, 5) is 0.